The molecule has 0 saturated carbocycles. The van der Waals surface area contributed by atoms with Gasteiger partial charge in [0.25, 0.3) is 5.91 Å². The summed E-state index contributed by atoms with van der Waals surface area (Å²) in [6, 6.07) is 29.3. The number of phenols is 1. The lowest BCUT2D eigenvalue weighted by atomic mass is 9.84. The van der Waals surface area contributed by atoms with E-state index < -0.39 is 39.8 Å². The van der Waals surface area contributed by atoms with Gasteiger partial charge < -0.3 is 26.6 Å². The number of hydrogen-bond acceptors (Lipinski definition) is 7. The third kappa shape index (κ3) is 9.91. The molecule has 0 aliphatic rings. The lowest BCUT2D eigenvalue weighted by Gasteiger charge is -2.31. The number of sulfonamides is 1. The Bertz CT molecular complexity index is 1710. The van der Waals surface area contributed by atoms with Crippen LogP contribution in [0.4, 0.5) is 5.69 Å². The van der Waals surface area contributed by atoms with Crippen molar-refractivity contribution in [1.82, 2.24) is 14.9 Å². The van der Waals surface area contributed by atoms with Gasteiger partial charge in [-0.05, 0) is 66.3 Å². The van der Waals surface area contributed by atoms with Gasteiger partial charge in [0.1, 0.15) is 11.8 Å². The smallest absolute Gasteiger partial charge is 0.255 e. The Labute approximate surface area is 289 Å². The monoisotopic (exact) mass is 686 g/mol. The van der Waals surface area contributed by atoms with Crippen LogP contribution in [0.2, 0.25) is 0 Å². The van der Waals surface area contributed by atoms with Gasteiger partial charge in [-0.2, -0.15) is 4.31 Å². The number of nitrogen functional groups attached to an aromatic ring is 1. The second-order valence-electron chi connectivity index (χ2n) is 12.4. The molecule has 11 heteroatoms. The average molecular weight is 687 g/mol. The first kappa shape index (κ1) is 37.1. The van der Waals surface area contributed by atoms with Crippen molar-refractivity contribution in [3.05, 3.63) is 126 Å². The van der Waals surface area contributed by atoms with Crippen LogP contribution >= 0.6 is 0 Å². The summed E-state index contributed by atoms with van der Waals surface area (Å²) in [4.78, 5) is 27.5. The van der Waals surface area contributed by atoms with Crippen LogP contribution in [0.3, 0.4) is 0 Å². The number of hydrogen-bond donors (Lipinski definition) is 5. The van der Waals surface area contributed by atoms with Gasteiger partial charge in [-0.25, -0.2) is 8.42 Å². The molecule has 10 nitrogen and oxygen atoms in total. The van der Waals surface area contributed by atoms with E-state index in [1.165, 1.54) is 40.7 Å². The van der Waals surface area contributed by atoms with E-state index in [1.54, 1.807) is 12.1 Å². The average Bonchev–Trinajstić information content (AvgIpc) is 3.10. The van der Waals surface area contributed by atoms with Crippen molar-refractivity contribution in [2.24, 2.45) is 5.92 Å². The highest BCUT2D eigenvalue weighted by atomic mass is 32.2. The fourth-order valence-electron chi connectivity index (χ4n) is 5.81. The molecule has 6 N–H and O–H groups in total. The summed E-state index contributed by atoms with van der Waals surface area (Å²) < 4.78 is 28.6. The van der Waals surface area contributed by atoms with Crippen molar-refractivity contribution in [2.45, 2.75) is 56.0 Å². The van der Waals surface area contributed by atoms with Crippen LogP contribution in [0.15, 0.2) is 114 Å². The maximum atomic E-state index is 14.0. The highest BCUT2D eigenvalue weighted by Gasteiger charge is 2.34. The van der Waals surface area contributed by atoms with E-state index in [-0.39, 0.29) is 41.8 Å². The summed E-state index contributed by atoms with van der Waals surface area (Å²) in [5, 5.41) is 26.5. The van der Waals surface area contributed by atoms with Gasteiger partial charge in [0.2, 0.25) is 15.9 Å². The number of carbonyl (C=O) groups is 2. The maximum absolute atomic E-state index is 14.0. The van der Waals surface area contributed by atoms with Gasteiger partial charge in [0.15, 0.2) is 0 Å². The second-order valence-corrected chi connectivity index (χ2v) is 14.3. The Kier molecular flexibility index (Phi) is 13.3. The Balaban J connectivity index is 1.49. The number of unbranched alkanes of at least 4 members (excludes halogenated alkanes) is 1. The zero-order valence-electron chi connectivity index (χ0n) is 27.9. The van der Waals surface area contributed by atoms with E-state index in [0.717, 1.165) is 11.1 Å². The number of nitrogens with zero attached hydrogens (tertiary/aromatic N) is 1. The van der Waals surface area contributed by atoms with Gasteiger partial charge in [0, 0.05) is 30.7 Å². The maximum Gasteiger partial charge on any atom is 0.255 e. The molecule has 0 heterocycles. The third-order valence-corrected chi connectivity index (χ3v) is 10.2. The molecule has 0 bridgehead atoms. The molecule has 2 unspecified atom stereocenters. The minimum Gasteiger partial charge on any atom is -0.507 e. The van der Waals surface area contributed by atoms with Gasteiger partial charge in [-0.15, -0.1) is 0 Å². The van der Waals surface area contributed by atoms with Gasteiger partial charge in [0.05, 0.1) is 17.1 Å². The molecule has 0 saturated heterocycles. The van der Waals surface area contributed by atoms with E-state index in [4.69, 9.17) is 5.73 Å². The highest BCUT2D eigenvalue weighted by molar-refractivity contribution is 7.89. The lowest BCUT2D eigenvalue weighted by Crippen LogP contribution is -2.50. The van der Waals surface area contributed by atoms with Gasteiger partial charge >= 0.3 is 0 Å². The minimum atomic E-state index is -3.90. The molecule has 0 aromatic heterocycles. The SMILES string of the molecule is CC(C)CN(C(CO)CCCCNC(=O)C(NC(=O)c1ccccc1O)C(c1ccccc1)c1ccccc1)S(=O)(=O)c1ccc(N)cc1. The quantitative estimate of drug-likeness (QED) is 0.0780. The third-order valence-electron chi connectivity index (χ3n) is 8.28. The number of amides is 2. The minimum absolute atomic E-state index is 0.0176. The standard InChI is InChI=1S/C38H46N4O6S/c1-27(2)25-42(49(47,48)32-22-20-30(39)21-23-32)31(26-43)17-11-12-24-40-38(46)36(41-37(45)33-18-9-10-19-34(33)44)35(28-13-5-3-6-14-28)29-15-7-4-8-16-29/h3-10,13-16,18-23,27,31,35-36,43-44H,11-12,17,24-26,39H2,1-2H3,(H,40,46)(H,41,45). The molecule has 2 amide bonds. The first-order valence-corrected chi connectivity index (χ1v) is 17.9. The molecule has 2 atom stereocenters. The number of para-hydroxylation sites is 1. The van der Waals surface area contributed by atoms with Crippen molar-refractivity contribution in [3.63, 3.8) is 0 Å². The second kappa shape index (κ2) is 17.6. The molecular formula is C38H46N4O6S. The number of nitrogens with one attached hydrogen (secondary N) is 2. The molecular weight excluding hydrogens is 641 g/mol. The normalized spacial score (nSPS) is 12.9. The summed E-state index contributed by atoms with van der Waals surface area (Å²) in [6.45, 7) is 3.96. The first-order chi connectivity index (χ1) is 23.5. The molecule has 4 aromatic rings. The number of aliphatic hydroxyl groups is 1. The predicted octanol–water partition coefficient (Wildman–Crippen LogP) is 4.90. The number of aliphatic hydroxyl groups excluding tert-OH is 1. The van der Waals surface area contributed by atoms with E-state index in [2.05, 4.69) is 10.6 Å². The number of phenolic OH excluding ortho intramolecular Hbond substituents is 1. The number of nitrogens with two attached hydrogens (primary N) is 1. The Morgan fingerprint density at radius 2 is 1.39 bits per heavy atom. The summed E-state index contributed by atoms with van der Waals surface area (Å²) in [5.74, 6) is -1.72. The van der Waals surface area contributed by atoms with Crippen LogP contribution in [-0.4, -0.2) is 66.5 Å². The Morgan fingerprint density at radius 3 is 1.94 bits per heavy atom. The molecule has 49 heavy (non-hydrogen) atoms. The largest absolute Gasteiger partial charge is 0.507 e. The van der Waals surface area contributed by atoms with Crippen LogP contribution in [0, 0.1) is 5.92 Å². The van der Waals surface area contributed by atoms with E-state index >= 15 is 0 Å². The Morgan fingerprint density at radius 1 is 0.816 bits per heavy atom. The lowest BCUT2D eigenvalue weighted by molar-refractivity contribution is -0.123. The van der Waals surface area contributed by atoms with Gasteiger partial charge in [-0.1, -0.05) is 93.1 Å². The summed E-state index contributed by atoms with van der Waals surface area (Å²) >= 11 is 0. The fourth-order valence-corrected chi connectivity index (χ4v) is 7.62. The Hall–Kier alpha value is -4.71. The molecule has 0 spiro atoms. The number of benzene rings is 4. The molecule has 0 radical (unpaired) electrons. The summed E-state index contributed by atoms with van der Waals surface area (Å²) in [6.07, 6.45) is 1.39. The van der Waals surface area contributed by atoms with Crippen molar-refractivity contribution in [3.8, 4) is 5.75 Å². The van der Waals surface area contributed by atoms with E-state index in [0.29, 0.717) is 24.9 Å². The molecule has 260 valence electrons. The van der Waals surface area contributed by atoms with Crippen molar-refractivity contribution in [1.29, 1.82) is 0 Å². The molecule has 0 aliphatic heterocycles. The van der Waals surface area contributed by atoms with Crippen LogP contribution < -0.4 is 16.4 Å². The molecule has 4 aromatic carbocycles. The zero-order valence-corrected chi connectivity index (χ0v) is 28.7. The van der Waals surface area contributed by atoms with Crippen molar-refractivity contribution < 1.29 is 28.2 Å². The molecule has 0 fully saturated rings. The summed E-state index contributed by atoms with van der Waals surface area (Å²) in [7, 11) is -3.90. The zero-order chi connectivity index (χ0) is 35.4. The van der Waals surface area contributed by atoms with Crippen molar-refractivity contribution >= 4 is 27.5 Å². The predicted molar refractivity (Wildman–Crippen MR) is 191 cm³/mol. The van der Waals surface area contributed by atoms with Crippen LogP contribution in [0.1, 0.15) is 60.5 Å². The van der Waals surface area contributed by atoms with E-state index in [1.807, 2.05) is 74.5 Å². The molecule has 4 rings (SSSR count). The summed E-state index contributed by atoms with van der Waals surface area (Å²) in [5.41, 5.74) is 7.92. The number of aromatic hydroxyl groups is 1. The number of anilines is 1. The van der Waals surface area contributed by atoms with Crippen molar-refractivity contribution in [2.75, 3.05) is 25.4 Å². The van der Waals surface area contributed by atoms with Crippen LogP contribution in [0.25, 0.3) is 0 Å². The number of rotatable bonds is 17. The number of carbonyl (C=O) groups excluding carboxylic acids is 2. The molecule has 0 aliphatic carbocycles. The van der Waals surface area contributed by atoms with Crippen LogP contribution in [0.5, 0.6) is 5.75 Å². The fraction of sp³-hybridized carbons (Fsp3) is 0.316. The van der Waals surface area contributed by atoms with E-state index in [9.17, 15) is 28.2 Å². The topological polar surface area (TPSA) is 162 Å². The van der Waals surface area contributed by atoms with Gasteiger partial charge in [-0.3, -0.25) is 9.59 Å². The highest BCUT2D eigenvalue weighted by Crippen LogP contribution is 2.29. The van der Waals surface area contributed by atoms with Crippen LogP contribution in [-0.2, 0) is 14.8 Å². The first-order valence-electron chi connectivity index (χ1n) is 16.5.